The normalized spacial score (nSPS) is 19.8. The van der Waals surface area contributed by atoms with Crippen LogP contribution in [0.3, 0.4) is 0 Å². The van der Waals surface area contributed by atoms with E-state index in [1.165, 1.54) is 13.3 Å². The summed E-state index contributed by atoms with van der Waals surface area (Å²) in [6, 6.07) is 2.28. The molecule has 284 valence electrons. The Bertz CT molecular complexity index is 1610. The van der Waals surface area contributed by atoms with E-state index in [0.717, 1.165) is 104 Å². The predicted octanol–water partition coefficient (Wildman–Crippen LogP) is 8.03. The number of nitrogens with one attached hydrogen (secondary N) is 2. The minimum Gasteiger partial charge on any atom is -0.468 e. The fourth-order valence-corrected chi connectivity index (χ4v) is 9.57. The first-order valence-corrected chi connectivity index (χ1v) is 21.9. The topological polar surface area (TPSA) is 116 Å². The number of benzene rings is 1. The van der Waals surface area contributed by atoms with Crippen LogP contribution in [-0.4, -0.2) is 102 Å². The summed E-state index contributed by atoms with van der Waals surface area (Å²) >= 11 is 9.50. The number of carbonyl (C=O) groups excluding carboxylic acids is 2. The summed E-state index contributed by atoms with van der Waals surface area (Å²) in [5.74, 6) is 0.697. The van der Waals surface area contributed by atoms with Gasteiger partial charge in [0.1, 0.15) is 5.54 Å². The molecule has 14 heteroatoms. The molecule has 2 aliphatic carbocycles. The van der Waals surface area contributed by atoms with Gasteiger partial charge in [-0.15, -0.1) is 0 Å². The first kappa shape index (κ1) is 41.8. The van der Waals surface area contributed by atoms with Gasteiger partial charge in [0.25, 0.3) is 0 Å². The molecule has 51 heavy (non-hydrogen) atoms. The van der Waals surface area contributed by atoms with Crippen molar-refractivity contribution >= 4 is 70.1 Å². The molecule has 1 atom stereocenters. The highest BCUT2D eigenvalue weighted by atomic mass is 127. The van der Waals surface area contributed by atoms with E-state index in [0.29, 0.717) is 17.9 Å². The number of halogens is 2. The Morgan fingerprint density at radius 2 is 1.75 bits per heavy atom. The molecular weight excluding hydrogens is 800 g/mol. The second kappa shape index (κ2) is 15.8. The molecule has 1 aromatic carbocycles. The summed E-state index contributed by atoms with van der Waals surface area (Å²) in [5, 5.41) is 18.0. The Morgan fingerprint density at radius 3 is 2.24 bits per heavy atom. The number of esters is 1. The van der Waals surface area contributed by atoms with E-state index >= 15 is 0 Å². The maximum atomic E-state index is 12.8. The van der Waals surface area contributed by atoms with Gasteiger partial charge in [-0.3, -0.25) is 19.2 Å². The van der Waals surface area contributed by atoms with Crippen molar-refractivity contribution < 1.29 is 19.1 Å². The van der Waals surface area contributed by atoms with Gasteiger partial charge in [0.15, 0.2) is 5.82 Å². The van der Waals surface area contributed by atoms with Crippen LogP contribution in [0.15, 0.2) is 6.07 Å². The molecule has 2 saturated carbocycles. The lowest BCUT2D eigenvalue weighted by Gasteiger charge is -2.58. The molecule has 2 spiro atoms. The van der Waals surface area contributed by atoms with Crippen LogP contribution in [-0.2, 0) is 19.1 Å². The Morgan fingerprint density at radius 1 is 1.12 bits per heavy atom. The monoisotopic (exact) mass is 857 g/mol. The van der Waals surface area contributed by atoms with Crippen LogP contribution in [0, 0.1) is 24.7 Å². The quantitative estimate of drug-likeness (QED) is 0.0857. The third-order valence-corrected chi connectivity index (χ3v) is 13.0. The number of carbonyl (C=O) groups is 2. The van der Waals surface area contributed by atoms with E-state index in [1.807, 2.05) is 52.5 Å². The molecule has 6 rings (SSSR count). The molecule has 1 aromatic heterocycles. The van der Waals surface area contributed by atoms with Crippen LogP contribution in [0.5, 0.6) is 0 Å². The Hall–Kier alpha value is -1.99. The minimum atomic E-state index is -0.728. The Labute approximate surface area is 324 Å². The number of rotatable bonds is 9. The van der Waals surface area contributed by atoms with Crippen LogP contribution in [0.4, 0.5) is 11.5 Å². The van der Waals surface area contributed by atoms with Crippen LogP contribution in [0.2, 0.25) is 5.02 Å². The Balaban J connectivity index is 0.000000768. The number of aromatic nitrogens is 2. The number of hydrogen-bond acceptors (Lipinski definition) is 9. The zero-order valence-corrected chi connectivity index (χ0v) is 34.9. The van der Waals surface area contributed by atoms with Crippen molar-refractivity contribution in [1.82, 2.24) is 19.6 Å². The van der Waals surface area contributed by atoms with Gasteiger partial charge < -0.3 is 29.8 Å². The van der Waals surface area contributed by atoms with E-state index in [1.54, 1.807) is 7.11 Å². The standard InChI is InChI=1S/C31H42ClIN7O3P.C5H12O.CH4/c1-19-11-23(36-44-33)22(14-34)25(26(19)32)24-20(2)40(21-12-30(13-21)15-37(16-30)18-41)35-27(24)39-10-9-38(17-31(39)7-6-8-31)29(3,4)28(42)43-5;1-5(2,3)6-4;/h11,14,18,21,34,36,44H,6-10,12-13,15-17H2,1-5H3;1-4H3;1H4. The molecular formula is C37H58ClIN7O4P. The van der Waals surface area contributed by atoms with Crippen molar-refractivity contribution in [2.24, 2.45) is 5.41 Å². The molecule has 11 nitrogen and oxygen atoms in total. The van der Waals surface area contributed by atoms with E-state index in [9.17, 15) is 9.59 Å². The van der Waals surface area contributed by atoms with Crippen LogP contribution in [0.1, 0.15) is 97.0 Å². The SMILES string of the molecule is C.COC(=O)C(C)(C)N1CCN(c2nn(C3CC4(C3)CN(C=O)C4)c(C)c2-c2c(Cl)c(C)cc(NPI)c2C=N)C2(CCC2)C1.COC(C)(C)C. The van der Waals surface area contributed by atoms with Gasteiger partial charge in [-0.2, -0.15) is 5.10 Å². The Kier molecular flexibility index (Phi) is 12.9. The highest BCUT2D eigenvalue weighted by Crippen LogP contribution is 2.56. The zero-order chi connectivity index (χ0) is 36.8. The summed E-state index contributed by atoms with van der Waals surface area (Å²) in [7, 11) is 3.17. The van der Waals surface area contributed by atoms with Crippen LogP contribution < -0.4 is 9.99 Å². The number of anilines is 2. The molecule has 1 amide bonds. The maximum Gasteiger partial charge on any atom is 0.325 e. The summed E-state index contributed by atoms with van der Waals surface area (Å²) in [4.78, 5) is 30.7. The predicted molar refractivity (Wildman–Crippen MR) is 219 cm³/mol. The molecule has 2 aliphatic heterocycles. The van der Waals surface area contributed by atoms with E-state index in [-0.39, 0.29) is 36.0 Å². The van der Waals surface area contributed by atoms with Crippen molar-refractivity contribution in [1.29, 1.82) is 5.41 Å². The number of piperazine rings is 1. The van der Waals surface area contributed by atoms with Gasteiger partial charge in [-0.1, -0.05) is 19.0 Å². The third kappa shape index (κ3) is 7.82. The number of likely N-dealkylation sites (tertiary alicyclic amines) is 1. The molecule has 0 bridgehead atoms. The maximum absolute atomic E-state index is 12.8. The van der Waals surface area contributed by atoms with E-state index in [4.69, 9.17) is 31.6 Å². The lowest BCUT2D eigenvalue weighted by molar-refractivity contribution is -0.154. The fraction of sp³-hybridized carbons (Fsp3) is 0.676. The second-order valence-corrected chi connectivity index (χ2v) is 18.5. The van der Waals surface area contributed by atoms with E-state index in [2.05, 4.69) is 48.5 Å². The molecule has 2 N–H and O–H groups in total. The number of methoxy groups -OCH3 is 2. The fourth-order valence-electron chi connectivity index (χ4n) is 8.13. The second-order valence-electron chi connectivity index (χ2n) is 16.0. The number of hydrogen-bond donors (Lipinski definition) is 2. The molecule has 3 heterocycles. The lowest BCUT2D eigenvalue weighted by Crippen LogP contribution is -2.70. The van der Waals surface area contributed by atoms with Crippen molar-refractivity contribution in [2.75, 3.05) is 56.9 Å². The molecule has 1 unspecified atom stereocenters. The third-order valence-electron chi connectivity index (χ3n) is 11.4. The van der Waals surface area contributed by atoms with Gasteiger partial charge >= 0.3 is 5.97 Å². The minimum absolute atomic E-state index is 0. The van der Waals surface area contributed by atoms with Crippen molar-refractivity contribution in [3.05, 3.63) is 27.9 Å². The molecule has 4 aliphatic rings. The number of ether oxygens (including phenoxy) is 2. The smallest absolute Gasteiger partial charge is 0.325 e. The van der Waals surface area contributed by atoms with Gasteiger partial charge in [0.2, 0.25) is 6.41 Å². The van der Waals surface area contributed by atoms with Crippen molar-refractivity contribution in [2.45, 2.75) is 111 Å². The summed E-state index contributed by atoms with van der Waals surface area (Å²) in [6.07, 6.45) is 7.95. The lowest BCUT2D eigenvalue weighted by atomic mass is 9.61. The molecule has 0 radical (unpaired) electrons. The average Bonchev–Trinajstić information content (AvgIpc) is 3.35. The summed E-state index contributed by atoms with van der Waals surface area (Å²) in [5.41, 5.74) is 4.88. The first-order chi connectivity index (χ1) is 23.5. The average molecular weight is 858 g/mol. The number of nitrogens with zero attached hydrogens (tertiary/aromatic N) is 5. The van der Waals surface area contributed by atoms with Gasteiger partial charge in [0.05, 0.1) is 29.3 Å². The number of aryl methyl sites for hydroxylation is 1. The van der Waals surface area contributed by atoms with E-state index < -0.39 is 5.54 Å². The first-order valence-electron chi connectivity index (χ1n) is 17.4. The zero-order valence-electron chi connectivity index (χ0n) is 31.0. The molecule has 4 fully saturated rings. The highest BCUT2D eigenvalue weighted by molar-refractivity contribution is 14.2. The van der Waals surface area contributed by atoms with Crippen LogP contribution in [0.25, 0.3) is 11.1 Å². The summed E-state index contributed by atoms with van der Waals surface area (Å²) < 4.78 is 12.3. The van der Waals surface area contributed by atoms with Gasteiger partial charge in [0, 0.05) is 85.9 Å². The number of amides is 1. The van der Waals surface area contributed by atoms with Gasteiger partial charge in [-0.05, 0) is 114 Å². The molecule has 2 saturated heterocycles. The van der Waals surface area contributed by atoms with Gasteiger partial charge in [-0.25, -0.2) is 0 Å². The molecule has 2 aromatic rings. The van der Waals surface area contributed by atoms with Crippen LogP contribution >= 0.6 is 40.0 Å². The van der Waals surface area contributed by atoms with Crippen molar-refractivity contribution in [3.63, 3.8) is 0 Å². The van der Waals surface area contributed by atoms with Crippen molar-refractivity contribution in [3.8, 4) is 11.1 Å². The largest absolute Gasteiger partial charge is 0.468 e. The summed E-state index contributed by atoms with van der Waals surface area (Å²) in [6.45, 7) is 17.9. The highest BCUT2D eigenvalue weighted by Gasteiger charge is 2.55.